The molecule has 0 amide bonds. The molecule has 3 heterocycles. The van der Waals surface area contributed by atoms with E-state index in [1.54, 1.807) is 43.3 Å². The van der Waals surface area contributed by atoms with E-state index in [0.717, 1.165) is 0 Å². The molecule has 37 heavy (non-hydrogen) atoms. The normalized spacial score (nSPS) is 23.5. The molecule has 0 spiro atoms. The van der Waals surface area contributed by atoms with Crippen molar-refractivity contribution in [1.82, 2.24) is 4.57 Å². The van der Waals surface area contributed by atoms with Gasteiger partial charge in [-0.2, -0.15) is 10.5 Å². The van der Waals surface area contributed by atoms with E-state index in [2.05, 4.69) is 12.1 Å². The molecule has 3 N–H and O–H groups in total. The van der Waals surface area contributed by atoms with Crippen molar-refractivity contribution < 1.29 is 24.8 Å². The Bertz CT molecular complexity index is 1650. The standard InChI is InChI=1S/C29H23N3O5/c1-28-23(33)14-29(37-28,12-13-36-19-9-6-17(15-30)7-10-19)25-24(28)26(34)32(27(25)35)22-11-8-18(16-31)20-4-2-3-5-21(20)22/h2-11,23,33-35H,12-14H2,1H3/t23?,28-,29+/m0/s1. The Morgan fingerprint density at radius 1 is 0.973 bits per heavy atom. The first-order valence-corrected chi connectivity index (χ1v) is 11.9. The van der Waals surface area contributed by atoms with Gasteiger partial charge in [-0.3, -0.25) is 4.57 Å². The van der Waals surface area contributed by atoms with Gasteiger partial charge in [0.25, 0.3) is 0 Å². The fourth-order valence-electron chi connectivity index (χ4n) is 5.88. The third-order valence-electron chi connectivity index (χ3n) is 7.66. The molecule has 184 valence electrons. The van der Waals surface area contributed by atoms with Crippen LogP contribution in [-0.4, -0.2) is 32.6 Å². The lowest BCUT2D eigenvalue weighted by Gasteiger charge is -2.26. The molecule has 1 aromatic heterocycles. The van der Waals surface area contributed by atoms with Crippen LogP contribution in [-0.2, 0) is 15.9 Å². The van der Waals surface area contributed by atoms with Crippen LogP contribution < -0.4 is 4.74 Å². The molecule has 8 nitrogen and oxygen atoms in total. The number of fused-ring (bicyclic) bond motifs is 6. The largest absolute Gasteiger partial charge is 0.494 e. The number of nitrogens with zero attached hydrogens (tertiary/aromatic N) is 3. The maximum absolute atomic E-state index is 11.5. The maximum atomic E-state index is 11.5. The molecule has 0 aliphatic carbocycles. The number of aliphatic hydroxyl groups excluding tert-OH is 1. The summed E-state index contributed by atoms with van der Waals surface area (Å²) < 4.78 is 13.6. The maximum Gasteiger partial charge on any atom is 0.205 e. The second kappa shape index (κ2) is 8.01. The molecule has 0 saturated carbocycles. The van der Waals surface area contributed by atoms with Crippen LogP contribution in [0.25, 0.3) is 16.5 Å². The highest BCUT2D eigenvalue weighted by atomic mass is 16.6. The summed E-state index contributed by atoms with van der Waals surface area (Å²) in [6, 6.07) is 21.7. The van der Waals surface area contributed by atoms with Crippen molar-refractivity contribution in [2.75, 3.05) is 6.61 Å². The Hall–Kier alpha value is -4.50. The SMILES string of the molecule is C[C@]12O[C@](CCOc3ccc(C#N)cc3)(CC1O)c1c2c(O)n(-c2ccc(C#N)c3ccccc23)c1O. The van der Waals surface area contributed by atoms with Gasteiger partial charge in [0.1, 0.15) is 17.0 Å². The molecule has 8 heteroatoms. The zero-order valence-corrected chi connectivity index (χ0v) is 20.0. The minimum Gasteiger partial charge on any atom is -0.494 e. The molecule has 6 rings (SSSR count). The van der Waals surface area contributed by atoms with Crippen molar-refractivity contribution in [2.45, 2.75) is 37.1 Å². The van der Waals surface area contributed by atoms with Gasteiger partial charge in [0.05, 0.1) is 52.8 Å². The predicted molar refractivity (Wildman–Crippen MR) is 133 cm³/mol. The van der Waals surface area contributed by atoms with Crippen molar-refractivity contribution in [3.05, 3.63) is 82.9 Å². The predicted octanol–water partition coefficient (Wildman–Crippen LogP) is 4.46. The number of aliphatic hydroxyl groups is 1. The van der Waals surface area contributed by atoms with E-state index in [-0.39, 0.29) is 24.8 Å². The average Bonchev–Trinajstić information content (AvgIpc) is 3.44. The Balaban J connectivity index is 1.43. The summed E-state index contributed by atoms with van der Waals surface area (Å²) in [4.78, 5) is 0. The van der Waals surface area contributed by atoms with Crippen LogP contribution in [0.3, 0.4) is 0 Å². The summed E-state index contributed by atoms with van der Waals surface area (Å²) in [5.41, 5.74) is 0.0528. The van der Waals surface area contributed by atoms with Gasteiger partial charge < -0.3 is 24.8 Å². The van der Waals surface area contributed by atoms with Crippen LogP contribution in [0.1, 0.15) is 42.0 Å². The number of ether oxygens (including phenoxy) is 2. The topological polar surface area (TPSA) is 132 Å². The van der Waals surface area contributed by atoms with Crippen LogP contribution in [0.4, 0.5) is 0 Å². The number of aromatic hydroxyl groups is 2. The molecule has 1 saturated heterocycles. The summed E-state index contributed by atoms with van der Waals surface area (Å²) in [5.74, 6) is 0.207. The number of hydrogen-bond acceptors (Lipinski definition) is 7. The summed E-state index contributed by atoms with van der Waals surface area (Å²) in [5, 5.41) is 53.9. The summed E-state index contributed by atoms with van der Waals surface area (Å²) >= 11 is 0. The lowest BCUT2D eigenvalue weighted by atomic mass is 9.76. The van der Waals surface area contributed by atoms with E-state index in [9.17, 15) is 20.6 Å². The molecule has 2 bridgehead atoms. The van der Waals surface area contributed by atoms with Gasteiger partial charge in [-0.15, -0.1) is 0 Å². The van der Waals surface area contributed by atoms with E-state index in [0.29, 0.717) is 50.9 Å². The van der Waals surface area contributed by atoms with Crippen molar-refractivity contribution in [3.8, 4) is 35.3 Å². The van der Waals surface area contributed by atoms with Crippen LogP contribution in [0, 0.1) is 22.7 Å². The molecule has 3 atom stereocenters. The Morgan fingerprint density at radius 3 is 2.38 bits per heavy atom. The van der Waals surface area contributed by atoms with Crippen LogP contribution in [0.2, 0.25) is 0 Å². The van der Waals surface area contributed by atoms with Gasteiger partial charge in [-0.25, -0.2) is 0 Å². The third kappa shape index (κ3) is 3.14. The van der Waals surface area contributed by atoms with E-state index in [4.69, 9.17) is 14.7 Å². The first-order chi connectivity index (χ1) is 17.8. The van der Waals surface area contributed by atoms with E-state index in [1.807, 2.05) is 24.3 Å². The van der Waals surface area contributed by atoms with E-state index in [1.165, 1.54) is 4.57 Å². The molecular formula is C29H23N3O5. The van der Waals surface area contributed by atoms with Gasteiger partial charge >= 0.3 is 0 Å². The molecular weight excluding hydrogens is 470 g/mol. The number of aromatic nitrogens is 1. The van der Waals surface area contributed by atoms with Gasteiger partial charge in [0.15, 0.2) is 0 Å². The Labute approximate surface area is 212 Å². The van der Waals surface area contributed by atoms with Crippen LogP contribution in [0.5, 0.6) is 17.5 Å². The minimum atomic E-state index is -1.21. The van der Waals surface area contributed by atoms with Crippen molar-refractivity contribution >= 4 is 10.8 Å². The highest BCUT2D eigenvalue weighted by Gasteiger charge is 2.66. The molecule has 1 fully saturated rings. The van der Waals surface area contributed by atoms with E-state index < -0.39 is 17.3 Å². The quantitative estimate of drug-likeness (QED) is 0.374. The molecule has 2 aliphatic rings. The molecule has 3 aromatic carbocycles. The third-order valence-corrected chi connectivity index (χ3v) is 7.66. The van der Waals surface area contributed by atoms with Crippen molar-refractivity contribution in [3.63, 3.8) is 0 Å². The Kier molecular flexibility index (Phi) is 4.96. The van der Waals surface area contributed by atoms with E-state index >= 15 is 0 Å². The molecule has 0 radical (unpaired) electrons. The van der Waals surface area contributed by atoms with Crippen LogP contribution in [0.15, 0.2) is 60.7 Å². The van der Waals surface area contributed by atoms with Gasteiger partial charge in [-0.05, 0) is 43.3 Å². The minimum absolute atomic E-state index is 0.170. The monoisotopic (exact) mass is 493 g/mol. The van der Waals surface area contributed by atoms with Gasteiger partial charge in [-0.1, -0.05) is 24.3 Å². The lowest BCUT2D eigenvalue weighted by molar-refractivity contribution is -0.107. The fourth-order valence-corrected chi connectivity index (χ4v) is 5.88. The number of benzene rings is 3. The second-order valence-electron chi connectivity index (χ2n) is 9.68. The highest BCUT2D eigenvalue weighted by Crippen LogP contribution is 2.65. The smallest absolute Gasteiger partial charge is 0.205 e. The number of nitriles is 2. The Morgan fingerprint density at radius 2 is 1.68 bits per heavy atom. The fraction of sp³-hybridized carbons (Fsp3) is 0.241. The zero-order valence-electron chi connectivity index (χ0n) is 20.0. The number of rotatable bonds is 5. The van der Waals surface area contributed by atoms with Gasteiger partial charge in [0.2, 0.25) is 11.8 Å². The summed E-state index contributed by atoms with van der Waals surface area (Å²) in [6.07, 6.45) is -0.343. The molecule has 4 aromatic rings. The van der Waals surface area contributed by atoms with Gasteiger partial charge in [0, 0.05) is 23.6 Å². The molecule has 2 aliphatic heterocycles. The van der Waals surface area contributed by atoms with Crippen LogP contribution >= 0.6 is 0 Å². The first-order valence-electron chi connectivity index (χ1n) is 11.9. The first kappa shape index (κ1) is 22.9. The highest BCUT2D eigenvalue weighted by molar-refractivity contribution is 5.95. The second-order valence-corrected chi connectivity index (χ2v) is 9.68. The van der Waals surface area contributed by atoms with Crippen molar-refractivity contribution in [2.24, 2.45) is 0 Å². The molecule has 1 unspecified atom stereocenters. The lowest BCUT2D eigenvalue weighted by Crippen LogP contribution is -2.33. The average molecular weight is 494 g/mol. The number of hydrogen-bond donors (Lipinski definition) is 3. The summed E-state index contributed by atoms with van der Waals surface area (Å²) in [7, 11) is 0. The summed E-state index contributed by atoms with van der Waals surface area (Å²) in [6.45, 7) is 1.94. The van der Waals surface area contributed by atoms with Crippen molar-refractivity contribution in [1.29, 1.82) is 10.5 Å². The zero-order chi connectivity index (χ0) is 25.9.